The number of fused-ring (bicyclic) bond motifs is 5. The van der Waals surface area contributed by atoms with E-state index in [2.05, 4.69) is 15.4 Å². The largest absolute Gasteiger partial charge is 0.489 e. The number of aryl methyl sites for hydroxylation is 1. The lowest BCUT2D eigenvalue weighted by molar-refractivity contribution is 0.0737. The van der Waals surface area contributed by atoms with Crippen LogP contribution in [0, 0.1) is 6.92 Å². The molecule has 6 rings (SSSR count). The molecule has 2 fully saturated rings. The molecule has 1 amide bonds. The summed E-state index contributed by atoms with van der Waals surface area (Å²) in [6.45, 7) is 2.86. The van der Waals surface area contributed by atoms with Crippen molar-refractivity contribution in [2.24, 2.45) is 0 Å². The average molecular weight is 438 g/mol. The van der Waals surface area contributed by atoms with Crippen LogP contribution in [0.5, 0.6) is 5.75 Å². The SMILES string of the molecule is Cc1c(Cl)cnc2c3c(nn12)CN(C(=O)c1ccccc1OC1C[C@H]2CC[C@@H](C1)N2)C3. The quantitative estimate of drug-likeness (QED) is 0.678. The van der Waals surface area contributed by atoms with Crippen molar-refractivity contribution >= 4 is 23.2 Å². The summed E-state index contributed by atoms with van der Waals surface area (Å²) in [5.74, 6) is 0.646. The summed E-state index contributed by atoms with van der Waals surface area (Å²) in [6.07, 6.45) is 6.24. The molecule has 3 aromatic rings. The third-order valence-corrected chi connectivity index (χ3v) is 7.19. The molecule has 2 aromatic heterocycles. The van der Waals surface area contributed by atoms with Crippen LogP contribution in [-0.4, -0.2) is 43.6 Å². The Balaban J connectivity index is 1.24. The van der Waals surface area contributed by atoms with Gasteiger partial charge in [0.05, 0.1) is 35.1 Å². The van der Waals surface area contributed by atoms with Gasteiger partial charge in [0.1, 0.15) is 11.9 Å². The van der Waals surface area contributed by atoms with Crippen molar-refractivity contribution in [2.45, 2.75) is 63.9 Å². The first-order valence-electron chi connectivity index (χ1n) is 10.9. The van der Waals surface area contributed by atoms with Crippen LogP contribution in [0.15, 0.2) is 30.5 Å². The molecule has 1 unspecified atom stereocenters. The maximum atomic E-state index is 13.4. The topological polar surface area (TPSA) is 71.8 Å². The van der Waals surface area contributed by atoms with Gasteiger partial charge in [0.25, 0.3) is 5.91 Å². The molecule has 3 atom stereocenters. The lowest BCUT2D eigenvalue weighted by Gasteiger charge is -2.30. The Kier molecular flexibility index (Phi) is 4.43. The van der Waals surface area contributed by atoms with Gasteiger partial charge in [-0.25, -0.2) is 9.50 Å². The van der Waals surface area contributed by atoms with Crippen molar-refractivity contribution in [1.82, 2.24) is 24.8 Å². The molecule has 7 nitrogen and oxygen atoms in total. The molecule has 3 aliphatic heterocycles. The second-order valence-corrected chi connectivity index (χ2v) is 9.27. The molecule has 2 bridgehead atoms. The minimum atomic E-state index is -0.0330. The third kappa shape index (κ3) is 3.18. The summed E-state index contributed by atoms with van der Waals surface area (Å²) >= 11 is 6.18. The second-order valence-electron chi connectivity index (χ2n) is 8.86. The minimum absolute atomic E-state index is 0.0330. The van der Waals surface area contributed by atoms with Crippen LogP contribution in [0.4, 0.5) is 0 Å². The Labute approximate surface area is 185 Å². The van der Waals surface area contributed by atoms with E-state index in [0.717, 1.165) is 35.4 Å². The van der Waals surface area contributed by atoms with Crippen LogP contribution in [0.3, 0.4) is 0 Å². The van der Waals surface area contributed by atoms with Crippen molar-refractivity contribution in [3.05, 3.63) is 58.0 Å². The number of carbonyl (C=O) groups is 1. The Morgan fingerprint density at radius 2 is 1.97 bits per heavy atom. The first-order chi connectivity index (χ1) is 15.1. The number of nitrogens with one attached hydrogen (secondary N) is 1. The van der Waals surface area contributed by atoms with Gasteiger partial charge in [0.2, 0.25) is 0 Å². The lowest BCUT2D eigenvalue weighted by Crippen LogP contribution is -2.42. The van der Waals surface area contributed by atoms with Crippen molar-refractivity contribution in [3.8, 4) is 5.75 Å². The van der Waals surface area contributed by atoms with Gasteiger partial charge in [-0.1, -0.05) is 23.7 Å². The fourth-order valence-electron chi connectivity index (χ4n) is 5.22. The number of para-hydroxylation sites is 1. The van der Waals surface area contributed by atoms with Gasteiger partial charge in [-0.15, -0.1) is 0 Å². The van der Waals surface area contributed by atoms with E-state index in [0.29, 0.717) is 41.5 Å². The number of amides is 1. The van der Waals surface area contributed by atoms with Crippen LogP contribution in [0.25, 0.3) is 5.65 Å². The summed E-state index contributed by atoms with van der Waals surface area (Å²) in [4.78, 5) is 19.7. The molecule has 0 saturated carbocycles. The average Bonchev–Trinajstić information content (AvgIpc) is 3.43. The molecule has 8 heteroatoms. The van der Waals surface area contributed by atoms with Crippen molar-refractivity contribution in [1.29, 1.82) is 0 Å². The van der Waals surface area contributed by atoms with Crippen molar-refractivity contribution in [3.63, 3.8) is 0 Å². The maximum Gasteiger partial charge on any atom is 0.258 e. The molecule has 2 saturated heterocycles. The zero-order chi connectivity index (χ0) is 21.1. The lowest BCUT2D eigenvalue weighted by atomic mass is 10.0. The number of piperidine rings is 1. The first-order valence-corrected chi connectivity index (χ1v) is 11.3. The van der Waals surface area contributed by atoms with Gasteiger partial charge in [0.15, 0.2) is 5.65 Å². The summed E-state index contributed by atoms with van der Waals surface area (Å²) in [5.41, 5.74) is 4.10. The molecule has 1 aromatic carbocycles. The van der Waals surface area contributed by atoms with E-state index in [1.165, 1.54) is 12.8 Å². The number of carbonyl (C=O) groups excluding carboxylic acids is 1. The highest BCUT2D eigenvalue weighted by Crippen LogP contribution is 2.33. The molecule has 31 heavy (non-hydrogen) atoms. The van der Waals surface area contributed by atoms with Gasteiger partial charge in [0, 0.05) is 23.8 Å². The van der Waals surface area contributed by atoms with E-state index in [1.807, 2.05) is 36.1 Å². The third-order valence-electron chi connectivity index (χ3n) is 6.82. The summed E-state index contributed by atoms with van der Waals surface area (Å²) in [7, 11) is 0. The van der Waals surface area contributed by atoms with Gasteiger partial charge in [-0.3, -0.25) is 4.79 Å². The summed E-state index contributed by atoms with van der Waals surface area (Å²) < 4.78 is 8.15. The number of benzene rings is 1. The van der Waals surface area contributed by atoms with E-state index in [-0.39, 0.29) is 12.0 Å². The molecular formula is C23H24ClN5O2. The van der Waals surface area contributed by atoms with Gasteiger partial charge >= 0.3 is 0 Å². The minimum Gasteiger partial charge on any atom is -0.489 e. The highest BCUT2D eigenvalue weighted by Gasteiger charge is 2.36. The van der Waals surface area contributed by atoms with Crippen LogP contribution in [-0.2, 0) is 13.1 Å². The smallest absolute Gasteiger partial charge is 0.258 e. The number of ether oxygens (including phenoxy) is 1. The normalized spacial score (nSPS) is 24.6. The van der Waals surface area contributed by atoms with Crippen molar-refractivity contribution in [2.75, 3.05) is 0 Å². The number of aromatic nitrogens is 3. The summed E-state index contributed by atoms with van der Waals surface area (Å²) in [5, 5.41) is 8.88. The van der Waals surface area contributed by atoms with E-state index in [4.69, 9.17) is 16.3 Å². The molecule has 0 radical (unpaired) electrons. The molecule has 0 spiro atoms. The second kappa shape index (κ2) is 7.21. The number of hydrogen-bond acceptors (Lipinski definition) is 5. The Morgan fingerprint density at radius 1 is 1.19 bits per heavy atom. The van der Waals surface area contributed by atoms with Crippen LogP contribution in [0.2, 0.25) is 5.02 Å². The first kappa shape index (κ1) is 19.1. The molecular weight excluding hydrogens is 414 g/mol. The molecule has 3 aliphatic rings. The monoisotopic (exact) mass is 437 g/mol. The molecule has 5 heterocycles. The highest BCUT2D eigenvalue weighted by atomic mass is 35.5. The van der Waals surface area contributed by atoms with Crippen LogP contribution < -0.4 is 10.1 Å². The van der Waals surface area contributed by atoms with Gasteiger partial charge in [-0.05, 0) is 44.7 Å². The predicted octanol–water partition coefficient (Wildman–Crippen LogP) is 3.51. The standard InChI is InChI=1S/C23H24ClN5O2/c1-13-19(24)10-25-22-18-11-28(12-20(18)27-29(13)22)23(30)17-4-2-3-5-21(17)31-16-8-14-6-7-15(9-16)26-14/h2-5,10,14-16,26H,6-9,11-12H2,1H3/t14-,15+,16?. The highest BCUT2D eigenvalue weighted by molar-refractivity contribution is 6.31. The Morgan fingerprint density at radius 3 is 2.77 bits per heavy atom. The van der Waals surface area contributed by atoms with E-state index in [9.17, 15) is 4.79 Å². The Hall–Kier alpha value is -2.64. The Bertz CT molecular complexity index is 1180. The van der Waals surface area contributed by atoms with Gasteiger partial charge < -0.3 is 15.0 Å². The fourth-order valence-corrected chi connectivity index (χ4v) is 5.35. The zero-order valence-electron chi connectivity index (χ0n) is 17.3. The van der Waals surface area contributed by atoms with Crippen LogP contribution in [0.1, 0.15) is 53.0 Å². The zero-order valence-corrected chi connectivity index (χ0v) is 18.1. The molecule has 1 N–H and O–H groups in total. The van der Waals surface area contributed by atoms with E-state index in [1.54, 1.807) is 10.7 Å². The molecule has 160 valence electrons. The number of nitrogens with zero attached hydrogens (tertiary/aromatic N) is 4. The van der Waals surface area contributed by atoms with E-state index >= 15 is 0 Å². The predicted molar refractivity (Wildman–Crippen MR) is 116 cm³/mol. The number of halogens is 1. The molecule has 0 aliphatic carbocycles. The van der Waals surface area contributed by atoms with E-state index < -0.39 is 0 Å². The van der Waals surface area contributed by atoms with Gasteiger partial charge in [-0.2, -0.15) is 5.10 Å². The van der Waals surface area contributed by atoms with Crippen LogP contribution >= 0.6 is 11.6 Å². The van der Waals surface area contributed by atoms with Crippen molar-refractivity contribution < 1.29 is 9.53 Å². The maximum absolute atomic E-state index is 13.4. The number of hydrogen-bond donors (Lipinski definition) is 1. The number of rotatable bonds is 3. The fraction of sp³-hybridized carbons (Fsp3) is 0.435. The summed E-state index contributed by atoms with van der Waals surface area (Å²) in [6, 6.07) is 8.69.